The third-order valence-electron chi connectivity index (χ3n) is 5.64. The van der Waals surface area contributed by atoms with Gasteiger partial charge in [0.1, 0.15) is 5.01 Å². The van der Waals surface area contributed by atoms with E-state index in [4.69, 9.17) is 9.72 Å². The summed E-state index contributed by atoms with van der Waals surface area (Å²) in [5, 5.41) is 4.09. The minimum atomic E-state index is -4.35. The number of alkyl halides is 3. The Morgan fingerprint density at radius 2 is 1.94 bits per heavy atom. The normalized spacial score (nSPS) is 14.9. The number of rotatable bonds is 7. The molecular weight excluding hydrogens is 465 g/mol. The fourth-order valence-corrected chi connectivity index (χ4v) is 4.88. The summed E-state index contributed by atoms with van der Waals surface area (Å²) >= 11 is 1.30. The molecule has 0 atom stereocenters. The Labute approximate surface area is 199 Å². The van der Waals surface area contributed by atoms with E-state index in [1.54, 1.807) is 25.4 Å². The highest BCUT2D eigenvalue weighted by atomic mass is 32.1. The Kier molecular flexibility index (Phi) is 7.47. The summed E-state index contributed by atoms with van der Waals surface area (Å²) in [7, 11) is 0. The Balaban J connectivity index is 1.41. The molecule has 0 aliphatic carbocycles. The maximum atomic E-state index is 12.9. The zero-order valence-corrected chi connectivity index (χ0v) is 19.5. The molecule has 2 aromatic heterocycles. The van der Waals surface area contributed by atoms with Crippen LogP contribution in [0.4, 0.5) is 19.0 Å². The largest absolute Gasteiger partial charge is 0.462 e. The van der Waals surface area contributed by atoms with E-state index in [0.29, 0.717) is 35.9 Å². The Hall–Kier alpha value is -2.98. The van der Waals surface area contributed by atoms with Crippen molar-refractivity contribution in [2.24, 2.45) is 0 Å². The number of hydrogen-bond donors (Lipinski definition) is 1. The van der Waals surface area contributed by atoms with E-state index in [1.165, 1.54) is 23.5 Å². The van der Waals surface area contributed by atoms with Crippen LogP contribution in [0.5, 0.6) is 0 Å². The van der Waals surface area contributed by atoms with Crippen molar-refractivity contribution in [3.63, 3.8) is 0 Å². The second-order valence-electron chi connectivity index (χ2n) is 7.97. The van der Waals surface area contributed by atoms with Crippen LogP contribution in [0.1, 0.15) is 40.6 Å². The first-order valence-corrected chi connectivity index (χ1v) is 11.9. The number of carbonyl (C=O) groups excluding carboxylic acids is 1. The van der Waals surface area contributed by atoms with Gasteiger partial charge in [0.25, 0.3) is 0 Å². The second-order valence-corrected chi connectivity index (χ2v) is 8.97. The molecule has 0 spiro atoms. The van der Waals surface area contributed by atoms with Gasteiger partial charge in [-0.15, -0.1) is 11.3 Å². The molecule has 0 saturated carbocycles. The number of hydrogen-bond acceptors (Lipinski definition) is 7. The lowest BCUT2D eigenvalue weighted by Gasteiger charge is -2.33. The minimum Gasteiger partial charge on any atom is -0.462 e. The van der Waals surface area contributed by atoms with Crippen molar-refractivity contribution in [3.8, 4) is 10.6 Å². The molecule has 0 bridgehead atoms. The average molecular weight is 491 g/mol. The third kappa shape index (κ3) is 5.74. The molecule has 1 N–H and O–H groups in total. The second kappa shape index (κ2) is 10.5. The number of aromatic nitrogens is 2. The van der Waals surface area contributed by atoms with Crippen LogP contribution < -0.4 is 10.2 Å². The topological polar surface area (TPSA) is 67.3 Å². The van der Waals surface area contributed by atoms with Crippen molar-refractivity contribution in [2.75, 3.05) is 24.6 Å². The number of piperidine rings is 1. The monoisotopic (exact) mass is 490 g/mol. The third-order valence-corrected chi connectivity index (χ3v) is 6.71. The van der Waals surface area contributed by atoms with E-state index in [1.807, 2.05) is 12.1 Å². The lowest BCUT2D eigenvalue weighted by molar-refractivity contribution is -0.137. The fraction of sp³-hybridized carbons (Fsp3) is 0.375. The number of pyridine rings is 1. The van der Waals surface area contributed by atoms with Crippen LogP contribution in [0.3, 0.4) is 0 Å². The number of halogens is 3. The van der Waals surface area contributed by atoms with E-state index >= 15 is 0 Å². The summed E-state index contributed by atoms with van der Waals surface area (Å²) in [5.74, 6) is 0.228. The van der Waals surface area contributed by atoms with Crippen LogP contribution in [-0.4, -0.2) is 41.7 Å². The number of thiazole rings is 1. The number of benzene rings is 1. The smallest absolute Gasteiger partial charge is 0.416 e. The highest BCUT2D eigenvalue weighted by molar-refractivity contribution is 7.17. The quantitative estimate of drug-likeness (QED) is 0.462. The van der Waals surface area contributed by atoms with E-state index in [2.05, 4.69) is 15.2 Å². The van der Waals surface area contributed by atoms with Crippen molar-refractivity contribution in [1.29, 1.82) is 0 Å². The molecule has 1 aliphatic rings. The number of carbonyl (C=O) groups is 1. The predicted molar refractivity (Wildman–Crippen MR) is 125 cm³/mol. The first kappa shape index (κ1) is 24.2. The standard InChI is InChI=1S/C24H25F3N4O2S/c1-2-33-23(32)20-21(30-22(34-20)17-6-10-28-11-7-17)31-12-8-19(9-13-31)29-15-16-4-3-5-18(14-16)24(25,26)27/h3-7,10-11,14,19,29H,2,8-9,12-13,15H2,1H3. The minimum absolute atomic E-state index is 0.162. The van der Waals surface area contributed by atoms with Gasteiger partial charge in [0.15, 0.2) is 10.7 Å². The van der Waals surface area contributed by atoms with Crippen LogP contribution >= 0.6 is 11.3 Å². The van der Waals surface area contributed by atoms with Crippen LogP contribution in [0, 0.1) is 0 Å². The van der Waals surface area contributed by atoms with Crippen molar-refractivity contribution in [3.05, 3.63) is 64.8 Å². The van der Waals surface area contributed by atoms with Gasteiger partial charge in [0, 0.05) is 43.6 Å². The number of nitrogens with zero attached hydrogens (tertiary/aromatic N) is 3. The van der Waals surface area contributed by atoms with Crippen LogP contribution in [0.15, 0.2) is 48.8 Å². The van der Waals surface area contributed by atoms with Gasteiger partial charge in [-0.3, -0.25) is 4.98 Å². The molecular formula is C24H25F3N4O2S. The maximum absolute atomic E-state index is 12.9. The summed E-state index contributed by atoms with van der Waals surface area (Å²) in [6.07, 6.45) is 0.581. The van der Waals surface area contributed by atoms with Gasteiger partial charge in [-0.2, -0.15) is 13.2 Å². The molecule has 180 valence electrons. The molecule has 1 fully saturated rings. The van der Waals surface area contributed by atoms with E-state index < -0.39 is 11.7 Å². The van der Waals surface area contributed by atoms with Crippen molar-refractivity contribution >= 4 is 23.1 Å². The van der Waals surface area contributed by atoms with Crippen LogP contribution in [0.2, 0.25) is 0 Å². The zero-order chi connectivity index (χ0) is 24.1. The molecule has 4 rings (SSSR count). The molecule has 1 aromatic carbocycles. The number of esters is 1. The Morgan fingerprint density at radius 3 is 2.62 bits per heavy atom. The highest BCUT2D eigenvalue weighted by Gasteiger charge is 2.31. The SMILES string of the molecule is CCOC(=O)c1sc(-c2ccncc2)nc1N1CCC(NCc2cccc(C(F)(F)F)c2)CC1. The summed E-state index contributed by atoms with van der Waals surface area (Å²) in [5.41, 5.74) is 0.847. The average Bonchev–Trinajstić information content (AvgIpc) is 3.29. The van der Waals surface area contributed by atoms with E-state index in [9.17, 15) is 18.0 Å². The maximum Gasteiger partial charge on any atom is 0.416 e. The predicted octanol–water partition coefficient (Wildman–Crippen LogP) is 5.16. The molecule has 0 unspecified atom stereocenters. The molecule has 1 saturated heterocycles. The van der Waals surface area contributed by atoms with Gasteiger partial charge < -0.3 is 15.0 Å². The van der Waals surface area contributed by atoms with Crippen molar-refractivity contribution in [2.45, 2.75) is 38.5 Å². The summed E-state index contributed by atoms with van der Waals surface area (Å²) in [6.45, 7) is 3.76. The Bertz CT molecular complexity index is 1110. The number of anilines is 1. The molecule has 0 radical (unpaired) electrons. The van der Waals surface area contributed by atoms with Crippen molar-refractivity contribution in [1.82, 2.24) is 15.3 Å². The van der Waals surface area contributed by atoms with Gasteiger partial charge in [0.05, 0.1) is 12.2 Å². The van der Waals surface area contributed by atoms with E-state index in [-0.39, 0.29) is 18.6 Å². The molecule has 1 aliphatic heterocycles. The summed E-state index contributed by atoms with van der Waals surface area (Å²) in [6, 6.07) is 9.25. The lowest BCUT2D eigenvalue weighted by Crippen LogP contribution is -2.42. The molecule has 6 nitrogen and oxygen atoms in total. The van der Waals surface area contributed by atoms with Crippen LogP contribution in [0.25, 0.3) is 10.6 Å². The van der Waals surface area contributed by atoms with Gasteiger partial charge in [-0.1, -0.05) is 18.2 Å². The highest BCUT2D eigenvalue weighted by Crippen LogP contribution is 2.35. The van der Waals surface area contributed by atoms with Crippen LogP contribution in [-0.2, 0) is 17.5 Å². The molecule has 3 heterocycles. The molecule has 3 aromatic rings. The molecule has 34 heavy (non-hydrogen) atoms. The first-order chi connectivity index (χ1) is 16.3. The molecule has 10 heteroatoms. The number of nitrogens with one attached hydrogen (secondary N) is 1. The Morgan fingerprint density at radius 1 is 1.21 bits per heavy atom. The fourth-order valence-electron chi connectivity index (χ4n) is 3.89. The van der Waals surface area contributed by atoms with E-state index in [0.717, 1.165) is 29.5 Å². The lowest BCUT2D eigenvalue weighted by atomic mass is 10.0. The van der Waals surface area contributed by atoms with Gasteiger partial charge in [-0.25, -0.2) is 9.78 Å². The van der Waals surface area contributed by atoms with Gasteiger partial charge in [0.2, 0.25) is 0 Å². The van der Waals surface area contributed by atoms with Gasteiger partial charge in [-0.05, 0) is 43.5 Å². The summed E-state index contributed by atoms with van der Waals surface area (Å²) in [4.78, 5) is 23.9. The van der Waals surface area contributed by atoms with Crippen molar-refractivity contribution < 1.29 is 22.7 Å². The number of ether oxygens (including phenoxy) is 1. The first-order valence-electron chi connectivity index (χ1n) is 11.1. The zero-order valence-electron chi connectivity index (χ0n) is 18.6. The molecule has 0 amide bonds. The summed E-state index contributed by atoms with van der Waals surface area (Å²) < 4.78 is 44.1. The van der Waals surface area contributed by atoms with Gasteiger partial charge >= 0.3 is 12.1 Å².